The zero-order valence-corrected chi connectivity index (χ0v) is 14.2. The fraction of sp³-hybridized carbons (Fsp3) is 0.312. The lowest BCUT2D eigenvalue weighted by Gasteiger charge is -2.21. The number of carbonyl (C=O) groups is 1. The predicted molar refractivity (Wildman–Crippen MR) is 93.6 cm³/mol. The van der Waals surface area contributed by atoms with Crippen molar-refractivity contribution in [2.75, 3.05) is 6.79 Å². The second-order valence-electron chi connectivity index (χ2n) is 5.56. The minimum atomic E-state index is -0.250. The summed E-state index contributed by atoms with van der Waals surface area (Å²) in [6.45, 7) is 0.0598. The van der Waals surface area contributed by atoms with Gasteiger partial charge in [-0.1, -0.05) is 17.4 Å². The topological polar surface area (TPSA) is 133 Å². The molecule has 0 unspecified atom stereocenters. The van der Waals surface area contributed by atoms with Crippen molar-refractivity contribution in [3.8, 4) is 11.5 Å². The van der Waals surface area contributed by atoms with Crippen LogP contribution in [-0.4, -0.2) is 29.3 Å². The Balaban J connectivity index is 0.000000569. The molecule has 2 heterocycles. The van der Waals surface area contributed by atoms with E-state index in [1.807, 2.05) is 6.07 Å². The van der Waals surface area contributed by atoms with Crippen molar-refractivity contribution in [2.24, 2.45) is 16.5 Å². The van der Waals surface area contributed by atoms with Crippen LogP contribution in [0.4, 0.5) is 5.13 Å². The van der Waals surface area contributed by atoms with Crippen LogP contribution >= 0.6 is 11.3 Å². The molecule has 0 amide bonds. The van der Waals surface area contributed by atoms with Gasteiger partial charge in [0.05, 0.1) is 5.69 Å². The van der Waals surface area contributed by atoms with Gasteiger partial charge >= 0.3 is 0 Å². The summed E-state index contributed by atoms with van der Waals surface area (Å²) < 4.78 is 10.8. The highest BCUT2D eigenvalue weighted by molar-refractivity contribution is 7.15. The van der Waals surface area contributed by atoms with E-state index in [0.29, 0.717) is 17.8 Å². The zero-order valence-electron chi connectivity index (χ0n) is 13.3. The lowest BCUT2D eigenvalue weighted by Crippen LogP contribution is -2.21. The number of aryl methyl sites for hydroxylation is 1. The SMILES string of the molecule is NC(N)=Nc1nc2c(s1)C[C@@H](c1ccc3c(c1)OCO3)CC2.O=CO. The van der Waals surface area contributed by atoms with Crippen LogP contribution in [0.15, 0.2) is 23.2 Å². The molecule has 9 heteroatoms. The first-order valence-electron chi connectivity index (χ1n) is 7.66. The highest BCUT2D eigenvalue weighted by Crippen LogP contribution is 2.41. The Morgan fingerprint density at radius 2 is 2.12 bits per heavy atom. The quantitative estimate of drug-likeness (QED) is 0.421. The number of hydrogen-bond donors (Lipinski definition) is 3. The number of rotatable bonds is 2. The summed E-state index contributed by atoms with van der Waals surface area (Å²) in [5, 5.41) is 7.54. The van der Waals surface area contributed by atoms with Gasteiger partial charge in [0, 0.05) is 4.88 Å². The average molecular weight is 362 g/mol. The summed E-state index contributed by atoms with van der Waals surface area (Å²) in [6, 6.07) is 6.21. The normalized spacial score (nSPS) is 17.0. The van der Waals surface area contributed by atoms with Crippen LogP contribution in [0.2, 0.25) is 0 Å². The largest absolute Gasteiger partial charge is 0.483 e. The van der Waals surface area contributed by atoms with Gasteiger partial charge in [0.1, 0.15) is 0 Å². The molecular weight excluding hydrogens is 344 g/mol. The van der Waals surface area contributed by atoms with Gasteiger partial charge in [-0.05, 0) is 42.9 Å². The van der Waals surface area contributed by atoms with Crippen LogP contribution in [0.5, 0.6) is 11.5 Å². The second kappa shape index (κ2) is 7.39. The van der Waals surface area contributed by atoms with Crippen LogP contribution in [0.3, 0.4) is 0 Å². The number of ether oxygens (including phenoxy) is 2. The Morgan fingerprint density at radius 3 is 2.88 bits per heavy atom. The molecule has 0 bridgehead atoms. The Bertz CT molecular complexity index is 801. The van der Waals surface area contributed by atoms with E-state index in [1.165, 1.54) is 10.4 Å². The van der Waals surface area contributed by atoms with Crippen molar-refractivity contribution in [1.29, 1.82) is 0 Å². The van der Waals surface area contributed by atoms with Crippen molar-refractivity contribution < 1.29 is 19.4 Å². The van der Waals surface area contributed by atoms with Gasteiger partial charge in [-0.25, -0.2) is 4.98 Å². The van der Waals surface area contributed by atoms with E-state index in [1.54, 1.807) is 11.3 Å². The fourth-order valence-electron chi connectivity index (χ4n) is 2.97. The second-order valence-corrected chi connectivity index (χ2v) is 6.62. The summed E-state index contributed by atoms with van der Waals surface area (Å²) in [5.74, 6) is 2.19. The smallest absolute Gasteiger partial charge is 0.290 e. The van der Waals surface area contributed by atoms with Crippen molar-refractivity contribution in [3.63, 3.8) is 0 Å². The molecule has 0 radical (unpaired) electrons. The molecule has 0 saturated carbocycles. The Kier molecular flexibility index (Phi) is 5.03. The Hall–Kier alpha value is -2.81. The summed E-state index contributed by atoms with van der Waals surface area (Å²) in [6.07, 6.45) is 2.98. The highest BCUT2D eigenvalue weighted by atomic mass is 32.1. The number of aliphatic imine (C=N–C) groups is 1. The maximum atomic E-state index is 8.36. The highest BCUT2D eigenvalue weighted by Gasteiger charge is 2.25. The number of fused-ring (bicyclic) bond motifs is 2. The number of nitrogens with two attached hydrogens (primary N) is 2. The van der Waals surface area contributed by atoms with Gasteiger partial charge in [-0.15, -0.1) is 0 Å². The third-order valence-corrected chi connectivity index (χ3v) is 5.03. The van der Waals surface area contributed by atoms with Gasteiger partial charge in [0.2, 0.25) is 11.9 Å². The minimum Gasteiger partial charge on any atom is -0.483 e. The molecule has 0 saturated heterocycles. The van der Waals surface area contributed by atoms with Crippen LogP contribution in [0, 0.1) is 0 Å². The molecule has 2 aliphatic rings. The first-order valence-corrected chi connectivity index (χ1v) is 8.48. The van der Waals surface area contributed by atoms with Crippen LogP contribution in [0.25, 0.3) is 0 Å². The molecule has 5 N–H and O–H groups in total. The van der Waals surface area contributed by atoms with Gasteiger partial charge < -0.3 is 26.0 Å². The first-order chi connectivity index (χ1) is 12.1. The minimum absolute atomic E-state index is 0.0541. The number of aromatic nitrogens is 1. The fourth-order valence-corrected chi connectivity index (χ4v) is 4.05. The predicted octanol–water partition coefficient (Wildman–Crippen LogP) is 1.75. The van der Waals surface area contributed by atoms with E-state index in [9.17, 15) is 0 Å². The third kappa shape index (κ3) is 3.82. The van der Waals surface area contributed by atoms with Crippen molar-refractivity contribution >= 4 is 28.9 Å². The molecule has 8 nitrogen and oxygen atoms in total. The maximum Gasteiger partial charge on any atom is 0.290 e. The van der Waals surface area contributed by atoms with Crippen LogP contribution < -0.4 is 20.9 Å². The molecule has 0 spiro atoms. The van der Waals surface area contributed by atoms with E-state index >= 15 is 0 Å². The van der Waals surface area contributed by atoms with E-state index < -0.39 is 0 Å². The van der Waals surface area contributed by atoms with E-state index in [0.717, 1.165) is 36.5 Å². The standard InChI is InChI=1S/C15H16N4O2S.CH2O2/c16-14(17)19-15-18-10-3-1-9(6-13(10)22-15)8-2-4-11-12(5-8)21-7-20-11;2-1-3/h2,4-5,9H,1,3,6-7H2,(H4,16,17,18,19);1H,(H,2,3)/t9-;/m0./s1. The summed E-state index contributed by atoms with van der Waals surface area (Å²) in [7, 11) is 0. The number of carboxylic acid groups (broad SMARTS) is 1. The molecule has 0 fully saturated rings. The van der Waals surface area contributed by atoms with E-state index in [-0.39, 0.29) is 12.4 Å². The molecule has 132 valence electrons. The van der Waals surface area contributed by atoms with Crippen LogP contribution in [0.1, 0.15) is 28.5 Å². The number of hydrogen-bond acceptors (Lipinski definition) is 6. The van der Waals surface area contributed by atoms with Crippen LogP contribution in [-0.2, 0) is 17.6 Å². The number of nitrogens with zero attached hydrogens (tertiary/aromatic N) is 2. The molecule has 2 aromatic rings. The van der Waals surface area contributed by atoms with Gasteiger partial charge in [-0.3, -0.25) is 4.79 Å². The molecule has 1 aliphatic carbocycles. The molecule has 1 aliphatic heterocycles. The molecule has 1 atom stereocenters. The summed E-state index contributed by atoms with van der Waals surface area (Å²) >= 11 is 1.57. The van der Waals surface area contributed by atoms with Gasteiger partial charge in [0.25, 0.3) is 6.47 Å². The van der Waals surface area contributed by atoms with Gasteiger partial charge in [0.15, 0.2) is 17.5 Å². The zero-order chi connectivity index (χ0) is 17.8. The Morgan fingerprint density at radius 1 is 1.36 bits per heavy atom. The maximum absolute atomic E-state index is 8.36. The van der Waals surface area contributed by atoms with E-state index in [2.05, 4.69) is 22.1 Å². The lowest BCUT2D eigenvalue weighted by molar-refractivity contribution is -0.122. The molecule has 4 rings (SSSR count). The molecule has 1 aromatic heterocycles. The summed E-state index contributed by atoms with van der Waals surface area (Å²) in [5.41, 5.74) is 13.3. The number of guanidine groups is 1. The lowest BCUT2D eigenvalue weighted by atomic mass is 9.85. The molecule has 25 heavy (non-hydrogen) atoms. The number of benzene rings is 1. The van der Waals surface area contributed by atoms with Crippen molar-refractivity contribution in [1.82, 2.24) is 4.98 Å². The van der Waals surface area contributed by atoms with Crippen molar-refractivity contribution in [2.45, 2.75) is 25.2 Å². The number of thiazole rings is 1. The molecular formula is C16H18N4O4S. The monoisotopic (exact) mass is 362 g/mol. The van der Waals surface area contributed by atoms with Gasteiger partial charge in [-0.2, -0.15) is 4.99 Å². The Labute approximate surface area is 148 Å². The third-order valence-electron chi connectivity index (χ3n) is 4.02. The first kappa shape index (κ1) is 17.0. The molecule has 1 aromatic carbocycles. The average Bonchev–Trinajstić information content (AvgIpc) is 3.19. The van der Waals surface area contributed by atoms with E-state index in [4.69, 9.17) is 30.8 Å². The summed E-state index contributed by atoms with van der Waals surface area (Å²) in [4.78, 5) is 18.2. The van der Waals surface area contributed by atoms with Crippen molar-refractivity contribution in [3.05, 3.63) is 34.3 Å².